The van der Waals surface area contributed by atoms with Crippen molar-refractivity contribution in [1.29, 1.82) is 0 Å². The summed E-state index contributed by atoms with van der Waals surface area (Å²) in [7, 11) is 1.66. The molecular weight excluding hydrogens is 364 g/mol. The fraction of sp³-hybridized carbons (Fsp3) is 0.133. The second-order valence-corrected chi connectivity index (χ2v) is 6.22. The van der Waals surface area contributed by atoms with Crippen molar-refractivity contribution in [2.24, 2.45) is 0 Å². The Balaban J connectivity index is 2.11. The summed E-state index contributed by atoms with van der Waals surface area (Å²) in [5.74, 6) is 1.27. The second-order valence-electron chi connectivity index (χ2n) is 4.41. The molecule has 0 saturated carbocycles. The van der Waals surface area contributed by atoms with Gasteiger partial charge in [0.05, 0.1) is 5.94 Å². The first kappa shape index (κ1) is 15.2. The van der Waals surface area contributed by atoms with Crippen molar-refractivity contribution in [3.8, 4) is 17.1 Å². The number of aromatic nitrogens is 4. The molecule has 5 nitrogen and oxygen atoms in total. The number of thioether (sulfide) groups is 1. The minimum absolute atomic E-state index is 0.516. The predicted octanol–water partition coefficient (Wildman–Crippen LogP) is 3.79. The summed E-state index contributed by atoms with van der Waals surface area (Å²) in [6.07, 6.45) is 3.52. The first-order valence-corrected chi connectivity index (χ1v) is 8.31. The van der Waals surface area contributed by atoms with E-state index in [1.807, 2.05) is 41.0 Å². The zero-order valence-electron chi connectivity index (χ0n) is 11.8. The molecule has 0 spiro atoms. The summed E-state index contributed by atoms with van der Waals surface area (Å²) < 4.78 is 8.17. The van der Waals surface area contributed by atoms with Crippen LogP contribution in [0.3, 0.4) is 0 Å². The molecule has 0 aliphatic rings. The highest BCUT2D eigenvalue weighted by molar-refractivity contribution is 9.10. The number of pyridine rings is 1. The maximum atomic E-state index is 5.13. The summed E-state index contributed by atoms with van der Waals surface area (Å²) in [4.78, 5) is 4.16. The summed E-state index contributed by atoms with van der Waals surface area (Å²) in [6, 6.07) is 11.9. The number of hydrogen-bond acceptors (Lipinski definition) is 5. The average molecular weight is 377 g/mol. The lowest BCUT2D eigenvalue weighted by Crippen LogP contribution is -2.00. The van der Waals surface area contributed by atoms with E-state index in [0.29, 0.717) is 5.94 Å². The third-order valence-corrected chi connectivity index (χ3v) is 4.35. The molecule has 3 aromatic rings. The van der Waals surface area contributed by atoms with Gasteiger partial charge in [0.25, 0.3) is 0 Å². The van der Waals surface area contributed by atoms with E-state index in [-0.39, 0.29) is 0 Å². The van der Waals surface area contributed by atoms with Crippen LogP contribution in [0.2, 0.25) is 0 Å². The number of halogens is 1. The third kappa shape index (κ3) is 3.21. The van der Waals surface area contributed by atoms with E-state index in [4.69, 9.17) is 4.74 Å². The zero-order chi connectivity index (χ0) is 15.4. The number of benzene rings is 1. The van der Waals surface area contributed by atoms with Crippen LogP contribution in [-0.2, 0) is 4.74 Å². The summed E-state index contributed by atoms with van der Waals surface area (Å²) in [5, 5.41) is 9.39. The first-order chi connectivity index (χ1) is 10.8. The molecule has 0 fully saturated rings. The van der Waals surface area contributed by atoms with Crippen LogP contribution in [0, 0.1) is 0 Å². The fourth-order valence-corrected chi connectivity index (χ4v) is 2.89. The molecule has 0 aliphatic heterocycles. The maximum absolute atomic E-state index is 5.13. The topological polar surface area (TPSA) is 52.8 Å². The van der Waals surface area contributed by atoms with E-state index < -0.39 is 0 Å². The SMILES string of the molecule is COCSc1nnc(-c2cccnc2)n1-c1ccc(Br)cc1. The molecule has 0 atom stereocenters. The Morgan fingerprint density at radius 1 is 1.18 bits per heavy atom. The third-order valence-electron chi connectivity index (χ3n) is 2.94. The first-order valence-electron chi connectivity index (χ1n) is 6.53. The highest BCUT2D eigenvalue weighted by Gasteiger charge is 2.16. The van der Waals surface area contributed by atoms with Crippen molar-refractivity contribution in [3.63, 3.8) is 0 Å². The maximum Gasteiger partial charge on any atom is 0.198 e. The molecule has 0 amide bonds. The van der Waals surface area contributed by atoms with Gasteiger partial charge in [-0.2, -0.15) is 0 Å². The number of methoxy groups -OCH3 is 1. The summed E-state index contributed by atoms with van der Waals surface area (Å²) in [6.45, 7) is 0. The summed E-state index contributed by atoms with van der Waals surface area (Å²) in [5.41, 5.74) is 1.91. The molecule has 7 heteroatoms. The molecule has 2 heterocycles. The van der Waals surface area contributed by atoms with Gasteiger partial charge in [-0.15, -0.1) is 10.2 Å². The van der Waals surface area contributed by atoms with Gasteiger partial charge < -0.3 is 4.74 Å². The Bertz CT molecular complexity index is 746. The Morgan fingerprint density at radius 3 is 2.68 bits per heavy atom. The van der Waals surface area contributed by atoms with Gasteiger partial charge in [-0.05, 0) is 36.4 Å². The van der Waals surface area contributed by atoms with E-state index in [1.165, 1.54) is 11.8 Å². The lowest BCUT2D eigenvalue weighted by atomic mass is 10.2. The van der Waals surface area contributed by atoms with Crippen LogP contribution >= 0.6 is 27.7 Å². The number of hydrogen-bond donors (Lipinski definition) is 0. The van der Waals surface area contributed by atoms with Gasteiger partial charge in [-0.3, -0.25) is 9.55 Å². The van der Waals surface area contributed by atoms with Crippen molar-refractivity contribution in [2.75, 3.05) is 13.0 Å². The largest absolute Gasteiger partial charge is 0.374 e. The van der Waals surface area contributed by atoms with E-state index in [9.17, 15) is 0 Å². The molecule has 0 saturated heterocycles. The van der Waals surface area contributed by atoms with Crippen LogP contribution in [0.25, 0.3) is 17.1 Å². The highest BCUT2D eigenvalue weighted by atomic mass is 79.9. The van der Waals surface area contributed by atoms with Gasteiger partial charge >= 0.3 is 0 Å². The van der Waals surface area contributed by atoms with Crippen molar-refractivity contribution in [1.82, 2.24) is 19.7 Å². The van der Waals surface area contributed by atoms with Crippen LogP contribution in [0.5, 0.6) is 0 Å². The Kier molecular flexibility index (Phi) is 4.87. The molecule has 0 bridgehead atoms. The summed E-state index contributed by atoms with van der Waals surface area (Å²) >= 11 is 4.95. The lowest BCUT2D eigenvalue weighted by Gasteiger charge is -2.10. The van der Waals surface area contributed by atoms with E-state index in [0.717, 1.165) is 26.7 Å². The van der Waals surface area contributed by atoms with Crippen LogP contribution in [0.4, 0.5) is 0 Å². The Labute approximate surface area is 140 Å². The minimum atomic E-state index is 0.516. The minimum Gasteiger partial charge on any atom is -0.374 e. The molecule has 0 unspecified atom stereocenters. The van der Waals surface area contributed by atoms with Crippen molar-refractivity contribution >= 4 is 27.7 Å². The van der Waals surface area contributed by atoms with Crippen LogP contribution in [-0.4, -0.2) is 32.8 Å². The molecule has 3 rings (SSSR count). The highest BCUT2D eigenvalue weighted by Crippen LogP contribution is 2.28. The molecule has 1 aromatic carbocycles. The number of nitrogens with zero attached hydrogens (tertiary/aromatic N) is 4. The van der Waals surface area contributed by atoms with E-state index in [2.05, 4.69) is 31.1 Å². The van der Waals surface area contributed by atoms with E-state index in [1.54, 1.807) is 19.5 Å². The average Bonchev–Trinajstić information content (AvgIpc) is 2.98. The standard InChI is InChI=1S/C15H13BrN4OS/c1-21-10-22-15-19-18-14(11-3-2-8-17-9-11)20(15)13-6-4-12(16)5-7-13/h2-9H,10H2,1H3. The second kappa shape index (κ2) is 7.04. The van der Waals surface area contributed by atoms with Crippen molar-refractivity contribution in [3.05, 3.63) is 53.3 Å². The molecule has 22 heavy (non-hydrogen) atoms. The fourth-order valence-electron chi connectivity index (χ4n) is 1.98. The normalized spacial score (nSPS) is 10.8. The lowest BCUT2D eigenvalue weighted by molar-refractivity contribution is 0.258. The quantitative estimate of drug-likeness (QED) is 0.500. The van der Waals surface area contributed by atoms with Gasteiger partial charge in [0.1, 0.15) is 0 Å². The molecular formula is C15H13BrN4OS. The molecule has 0 radical (unpaired) electrons. The molecule has 2 aromatic heterocycles. The van der Waals surface area contributed by atoms with Crippen LogP contribution in [0.15, 0.2) is 58.4 Å². The van der Waals surface area contributed by atoms with Crippen LogP contribution in [0.1, 0.15) is 0 Å². The van der Waals surface area contributed by atoms with Gasteiger partial charge in [-0.25, -0.2) is 0 Å². The van der Waals surface area contributed by atoms with Gasteiger partial charge in [-0.1, -0.05) is 27.7 Å². The van der Waals surface area contributed by atoms with Crippen molar-refractivity contribution < 1.29 is 4.74 Å². The monoisotopic (exact) mass is 376 g/mol. The smallest absolute Gasteiger partial charge is 0.198 e. The number of rotatable bonds is 5. The zero-order valence-corrected chi connectivity index (χ0v) is 14.2. The van der Waals surface area contributed by atoms with Gasteiger partial charge in [0.15, 0.2) is 11.0 Å². The predicted molar refractivity (Wildman–Crippen MR) is 90.0 cm³/mol. The molecule has 112 valence electrons. The van der Waals surface area contributed by atoms with Gasteiger partial charge in [0, 0.05) is 35.2 Å². The van der Waals surface area contributed by atoms with Crippen LogP contribution < -0.4 is 0 Å². The van der Waals surface area contributed by atoms with Crippen molar-refractivity contribution in [2.45, 2.75) is 5.16 Å². The number of ether oxygens (including phenoxy) is 1. The molecule has 0 N–H and O–H groups in total. The Hall–Kier alpha value is -1.70. The Morgan fingerprint density at radius 2 is 2.00 bits per heavy atom. The van der Waals surface area contributed by atoms with Gasteiger partial charge in [0.2, 0.25) is 0 Å². The van der Waals surface area contributed by atoms with E-state index >= 15 is 0 Å². The molecule has 0 aliphatic carbocycles.